The first kappa shape index (κ1) is 13.1. The zero-order valence-corrected chi connectivity index (χ0v) is 10.8. The van der Waals surface area contributed by atoms with Crippen LogP contribution >= 0.6 is 0 Å². The molecule has 0 atom stereocenters. The van der Waals surface area contributed by atoms with Crippen molar-refractivity contribution >= 4 is 5.91 Å². The number of aryl methyl sites for hydroxylation is 1. The van der Waals surface area contributed by atoms with Gasteiger partial charge in [0.15, 0.2) is 0 Å². The smallest absolute Gasteiger partial charge is 0.220 e. The maximum Gasteiger partial charge on any atom is 0.220 e. The lowest BCUT2D eigenvalue weighted by Crippen LogP contribution is -2.32. The van der Waals surface area contributed by atoms with E-state index in [0.717, 1.165) is 45.4 Å². The van der Waals surface area contributed by atoms with Gasteiger partial charge in [-0.25, -0.2) is 0 Å². The summed E-state index contributed by atoms with van der Waals surface area (Å²) in [6.07, 6.45) is 7.58. The van der Waals surface area contributed by atoms with E-state index in [1.54, 1.807) is 6.20 Å². The van der Waals surface area contributed by atoms with Crippen molar-refractivity contribution in [3.63, 3.8) is 0 Å². The number of hydrogen-bond acceptors (Lipinski definition) is 3. The van der Waals surface area contributed by atoms with Crippen LogP contribution in [0.1, 0.15) is 25.7 Å². The molecule has 0 bridgehead atoms. The molecule has 0 radical (unpaired) electrons. The predicted molar refractivity (Wildman–Crippen MR) is 70.1 cm³/mol. The van der Waals surface area contributed by atoms with E-state index >= 15 is 0 Å². The maximum absolute atomic E-state index is 11.7. The van der Waals surface area contributed by atoms with Gasteiger partial charge < -0.3 is 10.6 Å². The van der Waals surface area contributed by atoms with Crippen LogP contribution in [0.15, 0.2) is 18.5 Å². The van der Waals surface area contributed by atoms with Crippen molar-refractivity contribution in [1.29, 1.82) is 0 Å². The van der Waals surface area contributed by atoms with E-state index in [0.29, 0.717) is 12.3 Å². The molecule has 0 spiro atoms. The van der Waals surface area contributed by atoms with E-state index in [4.69, 9.17) is 0 Å². The van der Waals surface area contributed by atoms with E-state index in [-0.39, 0.29) is 5.91 Å². The van der Waals surface area contributed by atoms with Gasteiger partial charge in [0.2, 0.25) is 5.91 Å². The van der Waals surface area contributed by atoms with E-state index in [1.165, 1.54) is 0 Å². The van der Waals surface area contributed by atoms with Crippen LogP contribution in [0.5, 0.6) is 0 Å². The quantitative estimate of drug-likeness (QED) is 0.734. The summed E-state index contributed by atoms with van der Waals surface area (Å²) in [6.45, 7) is 3.71. The average Bonchev–Trinajstić information content (AvgIpc) is 2.89. The number of nitrogens with one attached hydrogen (secondary N) is 2. The molecule has 18 heavy (non-hydrogen) atoms. The van der Waals surface area contributed by atoms with Crippen LogP contribution in [0.2, 0.25) is 0 Å². The third-order valence-electron chi connectivity index (χ3n) is 3.38. The van der Waals surface area contributed by atoms with E-state index in [1.807, 2.05) is 16.9 Å². The molecule has 0 unspecified atom stereocenters. The molecule has 2 rings (SSSR count). The van der Waals surface area contributed by atoms with Crippen molar-refractivity contribution < 1.29 is 4.79 Å². The topological polar surface area (TPSA) is 59.0 Å². The molecule has 1 aliphatic rings. The molecule has 0 aliphatic carbocycles. The van der Waals surface area contributed by atoms with E-state index in [9.17, 15) is 4.79 Å². The summed E-state index contributed by atoms with van der Waals surface area (Å²) in [4.78, 5) is 11.7. The highest BCUT2D eigenvalue weighted by Crippen LogP contribution is 2.15. The molecule has 1 fully saturated rings. The summed E-state index contributed by atoms with van der Waals surface area (Å²) >= 11 is 0. The number of aromatic nitrogens is 2. The standard InChI is InChI=1S/C13H22N4O/c18-13(11-12-3-7-14-8-4-12)15-5-1-9-17-10-2-6-16-17/h2,6,10,12,14H,1,3-5,7-9,11H2,(H,15,18). The first-order valence-corrected chi connectivity index (χ1v) is 6.79. The van der Waals surface area contributed by atoms with Crippen LogP contribution in [0.3, 0.4) is 0 Å². The number of amides is 1. The van der Waals surface area contributed by atoms with Gasteiger partial charge in [0.25, 0.3) is 0 Å². The SMILES string of the molecule is O=C(CC1CCNCC1)NCCCn1cccn1. The van der Waals surface area contributed by atoms with Crippen LogP contribution < -0.4 is 10.6 Å². The lowest BCUT2D eigenvalue weighted by molar-refractivity contribution is -0.122. The lowest BCUT2D eigenvalue weighted by Gasteiger charge is -2.21. The van der Waals surface area contributed by atoms with Gasteiger partial charge >= 0.3 is 0 Å². The Morgan fingerprint density at radius 3 is 3.00 bits per heavy atom. The highest BCUT2D eigenvalue weighted by Gasteiger charge is 2.16. The summed E-state index contributed by atoms with van der Waals surface area (Å²) in [5, 5.41) is 10.4. The lowest BCUT2D eigenvalue weighted by atomic mass is 9.94. The number of rotatable bonds is 6. The number of nitrogens with zero attached hydrogens (tertiary/aromatic N) is 2. The molecular formula is C13H22N4O. The Morgan fingerprint density at radius 1 is 1.44 bits per heavy atom. The summed E-state index contributed by atoms with van der Waals surface area (Å²) in [5.41, 5.74) is 0. The number of carbonyl (C=O) groups excluding carboxylic acids is 1. The monoisotopic (exact) mass is 250 g/mol. The molecule has 1 aromatic rings. The minimum absolute atomic E-state index is 0.197. The molecule has 1 saturated heterocycles. The molecule has 1 amide bonds. The van der Waals surface area contributed by atoms with Crippen molar-refractivity contribution in [1.82, 2.24) is 20.4 Å². The molecule has 2 heterocycles. The van der Waals surface area contributed by atoms with Gasteiger partial charge in [0.1, 0.15) is 0 Å². The zero-order chi connectivity index (χ0) is 12.6. The molecular weight excluding hydrogens is 228 g/mol. The van der Waals surface area contributed by atoms with Crippen LogP contribution in [-0.2, 0) is 11.3 Å². The van der Waals surface area contributed by atoms with Crippen LogP contribution in [-0.4, -0.2) is 35.3 Å². The van der Waals surface area contributed by atoms with Crippen LogP contribution in [0.4, 0.5) is 0 Å². The average molecular weight is 250 g/mol. The van der Waals surface area contributed by atoms with Gasteiger partial charge in [-0.2, -0.15) is 5.10 Å². The van der Waals surface area contributed by atoms with Gasteiger partial charge in [-0.3, -0.25) is 9.48 Å². The molecule has 100 valence electrons. The normalized spacial score (nSPS) is 16.7. The fraction of sp³-hybridized carbons (Fsp3) is 0.692. The third-order valence-corrected chi connectivity index (χ3v) is 3.38. The minimum Gasteiger partial charge on any atom is -0.356 e. The minimum atomic E-state index is 0.197. The van der Waals surface area contributed by atoms with Crippen molar-refractivity contribution in [3.05, 3.63) is 18.5 Å². The van der Waals surface area contributed by atoms with Crippen LogP contribution in [0, 0.1) is 5.92 Å². The molecule has 2 N–H and O–H groups in total. The Morgan fingerprint density at radius 2 is 2.28 bits per heavy atom. The Hall–Kier alpha value is -1.36. The predicted octanol–water partition coefficient (Wildman–Crippen LogP) is 0.779. The Bertz CT molecular complexity index is 344. The van der Waals surface area contributed by atoms with Gasteiger partial charge in [0, 0.05) is 31.9 Å². The molecule has 0 saturated carbocycles. The highest BCUT2D eigenvalue weighted by molar-refractivity contribution is 5.76. The Kier molecular flexibility index (Phi) is 5.20. The first-order chi connectivity index (χ1) is 8.84. The summed E-state index contributed by atoms with van der Waals surface area (Å²) in [7, 11) is 0. The molecule has 1 aromatic heterocycles. The van der Waals surface area contributed by atoms with Crippen LogP contribution in [0.25, 0.3) is 0 Å². The summed E-state index contributed by atoms with van der Waals surface area (Å²) in [6, 6.07) is 1.91. The first-order valence-electron chi connectivity index (χ1n) is 6.79. The van der Waals surface area contributed by atoms with Gasteiger partial charge in [-0.1, -0.05) is 0 Å². The number of hydrogen-bond donors (Lipinski definition) is 2. The van der Waals surface area contributed by atoms with Crippen molar-refractivity contribution in [3.8, 4) is 0 Å². The number of carbonyl (C=O) groups is 1. The second-order valence-electron chi connectivity index (χ2n) is 4.87. The summed E-state index contributed by atoms with van der Waals surface area (Å²) < 4.78 is 1.89. The van der Waals surface area contributed by atoms with E-state index in [2.05, 4.69) is 15.7 Å². The fourth-order valence-corrected chi connectivity index (χ4v) is 2.32. The largest absolute Gasteiger partial charge is 0.356 e. The van der Waals surface area contributed by atoms with Crippen molar-refractivity contribution in [2.45, 2.75) is 32.2 Å². The van der Waals surface area contributed by atoms with Gasteiger partial charge in [-0.05, 0) is 44.3 Å². The van der Waals surface area contributed by atoms with Gasteiger partial charge in [-0.15, -0.1) is 0 Å². The maximum atomic E-state index is 11.7. The molecule has 0 aromatic carbocycles. The zero-order valence-electron chi connectivity index (χ0n) is 10.8. The summed E-state index contributed by atoms with van der Waals surface area (Å²) in [5.74, 6) is 0.764. The Balaban J connectivity index is 1.54. The van der Waals surface area contributed by atoms with Gasteiger partial charge in [0.05, 0.1) is 0 Å². The third kappa shape index (κ3) is 4.49. The molecule has 1 aliphatic heterocycles. The second kappa shape index (κ2) is 7.16. The fourth-order valence-electron chi connectivity index (χ4n) is 2.32. The van der Waals surface area contributed by atoms with Crippen molar-refractivity contribution in [2.24, 2.45) is 5.92 Å². The number of piperidine rings is 1. The van der Waals surface area contributed by atoms with Crippen molar-refractivity contribution in [2.75, 3.05) is 19.6 Å². The Labute approximate surface area is 108 Å². The van der Waals surface area contributed by atoms with E-state index < -0.39 is 0 Å². The second-order valence-corrected chi connectivity index (χ2v) is 4.87. The molecule has 5 nitrogen and oxygen atoms in total. The molecule has 5 heteroatoms. The highest BCUT2D eigenvalue weighted by atomic mass is 16.1.